The molecular formula is C26H38. The number of benzene rings is 3. The molecule has 0 aliphatic heterocycles. The molecule has 0 unspecified atom stereocenters. The summed E-state index contributed by atoms with van der Waals surface area (Å²) in [6.45, 7) is 13.2. The molecule has 0 spiro atoms. The molecule has 0 bridgehead atoms. The Morgan fingerprint density at radius 2 is 1.12 bits per heavy atom. The van der Waals surface area contributed by atoms with Gasteiger partial charge in [0.2, 0.25) is 0 Å². The molecule has 0 heterocycles. The third kappa shape index (κ3) is 6.02. The zero-order chi connectivity index (χ0) is 17.7. The lowest BCUT2D eigenvalue weighted by atomic mass is 9.94. The van der Waals surface area contributed by atoms with Gasteiger partial charge in [-0.15, -0.1) is 0 Å². The molecule has 0 saturated carbocycles. The van der Waals surface area contributed by atoms with Gasteiger partial charge in [0.05, 0.1) is 0 Å². The van der Waals surface area contributed by atoms with Crippen molar-refractivity contribution in [1.29, 1.82) is 0 Å². The normalized spacial score (nSPS) is 10.0. The van der Waals surface area contributed by atoms with E-state index in [0.717, 1.165) is 0 Å². The Balaban J connectivity index is 0.000000469. The smallest absolute Gasteiger partial charge is 0.0147 e. The summed E-state index contributed by atoms with van der Waals surface area (Å²) in [5.41, 5.74) is 5.58. The Bertz CT molecular complexity index is 777. The Kier molecular flexibility index (Phi) is 9.94. The minimum absolute atomic E-state index is 0. The molecule has 0 fully saturated rings. The molecule has 0 saturated heterocycles. The number of hydrogen-bond acceptors (Lipinski definition) is 0. The van der Waals surface area contributed by atoms with Crippen molar-refractivity contribution in [2.45, 2.75) is 68.2 Å². The van der Waals surface area contributed by atoms with Gasteiger partial charge in [-0.3, -0.25) is 0 Å². The minimum atomic E-state index is 0. The molecule has 0 aromatic heterocycles. The van der Waals surface area contributed by atoms with E-state index >= 15 is 0 Å². The monoisotopic (exact) mass is 350 g/mol. The average molecular weight is 351 g/mol. The fourth-order valence-electron chi connectivity index (χ4n) is 2.93. The van der Waals surface area contributed by atoms with E-state index in [4.69, 9.17) is 0 Å². The first kappa shape index (κ1) is 23.9. The van der Waals surface area contributed by atoms with Gasteiger partial charge in [0.1, 0.15) is 0 Å². The zero-order valence-corrected chi connectivity index (χ0v) is 15.9. The van der Waals surface area contributed by atoms with Crippen molar-refractivity contribution in [3.05, 3.63) is 82.9 Å². The molecule has 142 valence electrons. The lowest BCUT2D eigenvalue weighted by molar-refractivity contribution is 0.866. The molecule has 0 N–H and O–H groups in total. The summed E-state index contributed by atoms with van der Waals surface area (Å²) in [7, 11) is 0. The van der Waals surface area contributed by atoms with Crippen molar-refractivity contribution in [2.75, 3.05) is 0 Å². The fraction of sp³-hybridized carbons (Fsp3) is 0.385. The van der Waals surface area contributed by atoms with Crippen LogP contribution in [0.1, 0.15) is 76.6 Å². The molecule has 0 aliphatic carbocycles. The minimum Gasteiger partial charge on any atom is -0.0776 e. The van der Waals surface area contributed by atoms with Crippen molar-refractivity contribution in [1.82, 2.24) is 0 Å². The third-order valence-corrected chi connectivity index (χ3v) is 4.54. The maximum Gasteiger partial charge on any atom is -0.0147 e. The predicted molar refractivity (Wildman–Crippen MR) is 122 cm³/mol. The van der Waals surface area contributed by atoms with Crippen LogP contribution in [0.2, 0.25) is 0 Å². The van der Waals surface area contributed by atoms with Crippen molar-refractivity contribution >= 4 is 10.8 Å². The van der Waals surface area contributed by atoms with E-state index in [9.17, 15) is 0 Å². The Hall–Kier alpha value is -2.08. The largest absolute Gasteiger partial charge is 0.0776 e. The first-order valence-corrected chi connectivity index (χ1v) is 8.95. The summed E-state index contributed by atoms with van der Waals surface area (Å²) < 4.78 is 0. The van der Waals surface area contributed by atoms with E-state index in [-0.39, 0.29) is 14.9 Å². The Labute approximate surface area is 162 Å². The molecule has 3 aromatic rings. The van der Waals surface area contributed by atoms with E-state index < -0.39 is 0 Å². The van der Waals surface area contributed by atoms with Crippen molar-refractivity contribution in [3.8, 4) is 0 Å². The summed E-state index contributed by atoms with van der Waals surface area (Å²) in [6, 6.07) is 21.8. The van der Waals surface area contributed by atoms with E-state index in [2.05, 4.69) is 102 Å². The topological polar surface area (TPSA) is 0 Å². The first-order chi connectivity index (χ1) is 11.4. The van der Waals surface area contributed by atoms with Gasteiger partial charge in [0.25, 0.3) is 0 Å². The van der Waals surface area contributed by atoms with Crippen molar-refractivity contribution in [3.63, 3.8) is 0 Å². The molecule has 0 aliphatic rings. The highest BCUT2D eigenvalue weighted by molar-refractivity contribution is 5.88. The van der Waals surface area contributed by atoms with Crippen LogP contribution in [0, 0.1) is 13.8 Å². The molecule has 3 aromatic carbocycles. The molecule has 0 atom stereocenters. The molecule has 26 heavy (non-hydrogen) atoms. The van der Waals surface area contributed by atoms with Gasteiger partial charge in [-0.1, -0.05) is 109 Å². The van der Waals surface area contributed by atoms with Gasteiger partial charge < -0.3 is 0 Å². The highest BCUT2D eigenvalue weighted by Gasteiger charge is 2.05. The maximum absolute atomic E-state index is 2.25. The van der Waals surface area contributed by atoms with Crippen molar-refractivity contribution < 1.29 is 0 Å². The number of rotatable bonds is 2. The highest BCUT2D eigenvalue weighted by Crippen LogP contribution is 2.27. The maximum atomic E-state index is 2.25. The van der Waals surface area contributed by atoms with E-state index in [0.29, 0.717) is 11.8 Å². The quantitative estimate of drug-likeness (QED) is 0.433. The van der Waals surface area contributed by atoms with E-state index in [1.165, 1.54) is 33.0 Å². The zero-order valence-electron chi connectivity index (χ0n) is 15.9. The molecule has 0 nitrogen and oxygen atoms in total. The van der Waals surface area contributed by atoms with Crippen LogP contribution in [0.4, 0.5) is 0 Å². The lowest BCUT2D eigenvalue weighted by Gasteiger charge is -2.11. The number of aryl methyl sites for hydroxylation is 2. The van der Waals surface area contributed by atoms with Crippen LogP contribution in [-0.4, -0.2) is 0 Å². The van der Waals surface area contributed by atoms with Crippen LogP contribution < -0.4 is 0 Å². The summed E-state index contributed by atoms with van der Waals surface area (Å²) in [4.78, 5) is 0. The first-order valence-electron chi connectivity index (χ1n) is 8.95. The molecule has 0 radical (unpaired) electrons. The van der Waals surface area contributed by atoms with Gasteiger partial charge in [-0.25, -0.2) is 0 Å². The van der Waals surface area contributed by atoms with Crippen LogP contribution in [0.25, 0.3) is 10.8 Å². The van der Waals surface area contributed by atoms with Gasteiger partial charge >= 0.3 is 0 Å². The third-order valence-electron chi connectivity index (χ3n) is 4.54. The van der Waals surface area contributed by atoms with Gasteiger partial charge in [0.15, 0.2) is 0 Å². The second-order valence-electron chi connectivity index (χ2n) is 7.24. The summed E-state index contributed by atoms with van der Waals surface area (Å²) in [5, 5.41) is 2.79. The van der Waals surface area contributed by atoms with E-state index in [1.54, 1.807) is 0 Å². The number of fused-ring (bicyclic) bond motifs is 1. The SMILES string of the molecule is C.C.Cc1ccc(C(C)C)c2ccccc12.Cc1ccc(C(C)C)cc1. The van der Waals surface area contributed by atoms with Crippen LogP contribution >= 0.6 is 0 Å². The summed E-state index contributed by atoms with van der Waals surface area (Å²) >= 11 is 0. The van der Waals surface area contributed by atoms with Gasteiger partial charge in [-0.05, 0) is 53.1 Å². The van der Waals surface area contributed by atoms with Crippen LogP contribution in [0.15, 0.2) is 60.7 Å². The van der Waals surface area contributed by atoms with Crippen LogP contribution in [-0.2, 0) is 0 Å². The molecular weight excluding hydrogens is 312 g/mol. The average Bonchev–Trinajstić information content (AvgIpc) is 2.56. The Morgan fingerprint density at radius 1 is 0.577 bits per heavy atom. The van der Waals surface area contributed by atoms with Gasteiger partial charge in [0, 0.05) is 0 Å². The number of hydrogen-bond donors (Lipinski definition) is 0. The second kappa shape index (κ2) is 10.8. The predicted octanol–water partition coefficient (Wildman–Crippen LogP) is 8.66. The van der Waals surface area contributed by atoms with E-state index in [1.807, 2.05) is 0 Å². The van der Waals surface area contributed by atoms with Gasteiger partial charge in [-0.2, -0.15) is 0 Å². The summed E-state index contributed by atoms with van der Waals surface area (Å²) in [5.74, 6) is 1.25. The Morgan fingerprint density at radius 3 is 1.62 bits per heavy atom. The molecule has 0 amide bonds. The molecule has 0 heteroatoms. The molecule has 3 rings (SSSR count). The second-order valence-corrected chi connectivity index (χ2v) is 7.24. The summed E-state index contributed by atoms with van der Waals surface area (Å²) in [6.07, 6.45) is 0. The lowest BCUT2D eigenvalue weighted by Crippen LogP contribution is -1.90. The van der Waals surface area contributed by atoms with Crippen LogP contribution in [0.5, 0.6) is 0 Å². The standard InChI is InChI=1S/C14H16.C10H14.2CH4/c1-10(2)12-9-8-11(3)13-6-4-5-7-14(12)13;1-8(2)10-6-4-9(3)5-7-10;;/h4-10H,1-3H3;4-8H,1-3H3;2*1H4. The van der Waals surface area contributed by atoms with Crippen molar-refractivity contribution in [2.24, 2.45) is 0 Å². The van der Waals surface area contributed by atoms with Crippen LogP contribution in [0.3, 0.4) is 0 Å². The fourth-order valence-corrected chi connectivity index (χ4v) is 2.93. The highest BCUT2D eigenvalue weighted by atomic mass is 14.1.